The van der Waals surface area contributed by atoms with Gasteiger partial charge >= 0.3 is 0 Å². The summed E-state index contributed by atoms with van der Waals surface area (Å²) in [7, 11) is 11.3. The van der Waals surface area contributed by atoms with Gasteiger partial charge in [-0.15, -0.1) is 16.4 Å². The second kappa shape index (κ2) is 13.5. The molecule has 8 aromatic carbocycles. The molecule has 0 saturated carbocycles. The van der Waals surface area contributed by atoms with Crippen molar-refractivity contribution < 1.29 is 0 Å². The predicted molar refractivity (Wildman–Crippen MR) is 262 cm³/mol. The highest BCUT2D eigenvalue weighted by Gasteiger charge is 2.46. The molecule has 0 spiro atoms. The molecule has 0 fully saturated rings. The summed E-state index contributed by atoms with van der Waals surface area (Å²) in [4.78, 5) is 2.48. The Morgan fingerprint density at radius 1 is 0.362 bits per heavy atom. The normalized spacial score (nSPS) is 14.0. The van der Waals surface area contributed by atoms with Crippen LogP contribution in [0, 0.1) is 0 Å². The first-order chi connectivity index (χ1) is 28.1. The van der Waals surface area contributed by atoms with Crippen molar-refractivity contribution >= 4 is 83.6 Å². The smallest absolute Gasteiger partial charge is 0.139 e. The molecule has 2 aliphatic rings. The summed E-state index contributed by atoms with van der Waals surface area (Å²) in [6, 6.07) is 63.8. The van der Waals surface area contributed by atoms with Gasteiger partial charge in [0.05, 0.1) is 5.41 Å². The predicted octanol–water partition coefficient (Wildman–Crippen LogP) is 4.78. The Hall–Kier alpha value is -6.12. The average Bonchev–Trinajstić information content (AvgIpc) is 3.69. The van der Waals surface area contributed by atoms with Gasteiger partial charge < -0.3 is 4.90 Å². The number of hydrogen-bond donors (Lipinski definition) is 0. The maximum Gasteiger partial charge on any atom is 0.139 e. The van der Waals surface area contributed by atoms with Crippen LogP contribution in [0.25, 0.3) is 33.4 Å². The van der Waals surface area contributed by atoms with Crippen molar-refractivity contribution in [1.82, 2.24) is 0 Å². The summed E-state index contributed by atoms with van der Waals surface area (Å²) in [6.45, 7) is 4.74. The minimum atomic E-state index is -0.488. The summed E-state index contributed by atoms with van der Waals surface area (Å²) in [5.41, 5.74) is 25.5. The van der Waals surface area contributed by atoms with E-state index in [9.17, 15) is 0 Å². The van der Waals surface area contributed by atoms with E-state index in [1.54, 1.807) is 0 Å². The van der Waals surface area contributed by atoms with Gasteiger partial charge in [-0.3, -0.25) is 0 Å². The van der Waals surface area contributed by atoms with Crippen molar-refractivity contribution in [2.45, 2.75) is 24.7 Å². The SMILES string of the molecule is Bc1c(B)c(B)c(-c2ccc(N(c3cccc(C4(c5ccccc5)c5ccccc5-c5ccccc54)c3)c3ccc4c(c3)C(C)(C)c3ccccc3-4)cc2)c(B)c1B. The molecule has 0 saturated heterocycles. The second-order valence-electron chi connectivity index (χ2n) is 17.0. The Morgan fingerprint density at radius 3 is 1.45 bits per heavy atom. The molecule has 1 nitrogen and oxygen atoms in total. The minimum Gasteiger partial charge on any atom is -0.310 e. The standard InChI is InChI=1S/C52H44B5N/c1-51(2)41-20-9-6-17-37(41)40-28-27-36(30-44(40)51)58(34-25-23-31(24-26-34)45-46(53)48(55)50(57)49(56)47(45)54)35-16-12-15-33(29-35)52(32-13-4-3-5-14-32)42-21-10-7-18-38(42)39-19-8-11-22-43(39)52/h3-30H,53-57H2,1-2H3. The first kappa shape index (κ1) is 36.2. The van der Waals surface area contributed by atoms with Gasteiger partial charge in [0.2, 0.25) is 0 Å². The maximum atomic E-state index is 2.48. The van der Waals surface area contributed by atoms with Crippen molar-refractivity contribution in [1.29, 1.82) is 0 Å². The van der Waals surface area contributed by atoms with Crippen molar-refractivity contribution in [3.8, 4) is 33.4 Å². The molecule has 0 heterocycles. The molecule has 58 heavy (non-hydrogen) atoms. The van der Waals surface area contributed by atoms with Crippen LogP contribution in [-0.2, 0) is 10.8 Å². The van der Waals surface area contributed by atoms with Gasteiger partial charge in [0.25, 0.3) is 0 Å². The lowest BCUT2D eigenvalue weighted by molar-refractivity contribution is 0.660. The molecule has 0 unspecified atom stereocenters. The fourth-order valence-corrected chi connectivity index (χ4v) is 10.6. The van der Waals surface area contributed by atoms with Gasteiger partial charge in [0.15, 0.2) is 0 Å². The highest BCUT2D eigenvalue weighted by molar-refractivity contribution is 6.68. The lowest BCUT2D eigenvalue weighted by atomic mass is 9.60. The van der Waals surface area contributed by atoms with Crippen LogP contribution in [0.3, 0.4) is 0 Å². The van der Waals surface area contributed by atoms with Crippen LogP contribution >= 0.6 is 0 Å². The van der Waals surface area contributed by atoms with Gasteiger partial charge in [-0.1, -0.05) is 158 Å². The van der Waals surface area contributed by atoms with E-state index >= 15 is 0 Å². The van der Waals surface area contributed by atoms with Crippen LogP contribution < -0.4 is 32.2 Å². The zero-order chi connectivity index (χ0) is 39.9. The first-order valence-electron chi connectivity index (χ1n) is 20.7. The molecule has 0 N–H and O–H groups in total. The van der Waals surface area contributed by atoms with Gasteiger partial charge in [-0.05, 0) is 103 Å². The van der Waals surface area contributed by atoms with Crippen LogP contribution in [-0.4, -0.2) is 39.2 Å². The Bertz CT molecular complexity index is 2860. The highest BCUT2D eigenvalue weighted by Crippen LogP contribution is 2.57. The summed E-state index contributed by atoms with van der Waals surface area (Å²) in [5.74, 6) is 0. The first-order valence-corrected chi connectivity index (χ1v) is 20.7. The summed E-state index contributed by atoms with van der Waals surface area (Å²) >= 11 is 0. The van der Waals surface area contributed by atoms with Crippen LogP contribution in [0.4, 0.5) is 17.1 Å². The second-order valence-corrected chi connectivity index (χ2v) is 17.0. The zero-order valence-electron chi connectivity index (χ0n) is 34.6. The minimum absolute atomic E-state index is 0.121. The molecule has 0 bridgehead atoms. The molecule has 6 heteroatoms. The lowest BCUT2D eigenvalue weighted by Crippen LogP contribution is -2.55. The molecule has 0 amide bonds. The summed E-state index contributed by atoms with van der Waals surface area (Å²) < 4.78 is 0. The third-order valence-corrected chi connectivity index (χ3v) is 13.9. The number of rotatable bonds is 6. The van der Waals surface area contributed by atoms with E-state index in [0.29, 0.717) is 0 Å². The molecule has 8 aromatic rings. The molecule has 0 radical (unpaired) electrons. The van der Waals surface area contributed by atoms with Crippen molar-refractivity contribution in [3.63, 3.8) is 0 Å². The van der Waals surface area contributed by atoms with E-state index in [2.05, 4.69) is 228 Å². The fourth-order valence-electron chi connectivity index (χ4n) is 10.6. The van der Waals surface area contributed by atoms with Crippen LogP contribution in [0.5, 0.6) is 0 Å². The van der Waals surface area contributed by atoms with Crippen LogP contribution in [0.15, 0.2) is 170 Å². The van der Waals surface area contributed by atoms with Crippen LogP contribution in [0.2, 0.25) is 0 Å². The monoisotopic (exact) mass is 737 g/mol. The highest BCUT2D eigenvalue weighted by atomic mass is 15.1. The number of hydrogen-bond acceptors (Lipinski definition) is 1. The largest absolute Gasteiger partial charge is 0.310 e. The Kier molecular flexibility index (Phi) is 8.43. The van der Waals surface area contributed by atoms with E-state index in [0.717, 1.165) is 17.1 Å². The van der Waals surface area contributed by atoms with Crippen LogP contribution in [0.1, 0.15) is 47.2 Å². The van der Waals surface area contributed by atoms with Gasteiger partial charge in [0, 0.05) is 22.5 Å². The van der Waals surface area contributed by atoms with Gasteiger partial charge in [-0.2, -0.15) is 0 Å². The average molecular weight is 737 g/mol. The Balaban J connectivity index is 1.20. The van der Waals surface area contributed by atoms with Crippen molar-refractivity contribution in [3.05, 3.63) is 203 Å². The number of benzene rings is 8. The molecule has 272 valence electrons. The number of nitrogens with zero attached hydrogens (tertiary/aromatic N) is 1. The van der Waals surface area contributed by atoms with Crippen molar-refractivity contribution in [2.24, 2.45) is 0 Å². The summed E-state index contributed by atoms with van der Waals surface area (Å²) in [6.07, 6.45) is 0. The van der Waals surface area contributed by atoms with E-state index < -0.39 is 5.41 Å². The third-order valence-electron chi connectivity index (χ3n) is 13.9. The zero-order valence-corrected chi connectivity index (χ0v) is 34.6. The number of anilines is 3. The molecule has 0 aromatic heterocycles. The van der Waals surface area contributed by atoms with E-state index in [1.807, 2.05) is 0 Å². The molecular weight excluding hydrogens is 693 g/mol. The van der Waals surface area contributed by atoms with E-state index in [4.69, 9.17) is 0 Å². The third kappa shape index (κ3) is 5.17. The van der Waals surface area contributed by atoms with Gasteiger partial charge in [-0.25, -0.2) is 0 Å². The molecule has 10 rings (SSSR count). The Morgan fingerprint density at radius 2 is 0.828 bits per heavy atom. The van der Waals surface area contributed by atoms with E-state index in [1.165, 1.54) is 94.1 Å². The summed E-state index contributed by atoms with van der Waals surface area (Å²) in [5, 5.41) is 0. The van der Waals surface area contributed by atoms with Gasteiger partial charge in [0.1, 0.15) is 39.2 Å². The fraction of sp³-hybridized carbons (Fsp3) is 0.0769. The molecule has 0 aliphatic heterocycles. The quantitative estimate of drug-likeness (QED) is 0.222. The maximum absolute atomic E-state index is 2.48. The molecule has 2 aliphatic carbocycles. The van der Waals surface area contributed by atoms with E-state index in [-0.39, 0.29) is 5.41 Å². The molecular formula is C52H44B5N. The molecule has 0 atom stereocenters. The Labute approximate surface area is 348 Å². The topological polar surface area (TPSA) is 3.24 Å². The lowest BCUT2D eigenvalue weighted by Gasteiger charge is -2.35. The van der Waals surface area contributed by atoms with Crippen molar-refractivity contribution in [2.75, 3.05) is 4.90 Å². The number of fused-ring (bicyclic) bond motifs is 6.